The highest BCUT2D eigenvalue weighted by Gasteiger charge is 2.21. The highest BCUT2D eigenvalue weighted by Crippen LogP contribution is 2.22. The molecular weight excluding hydrogens is 220 g/mol. The Morgan fingerprint density at radius 1 is 1.39 bits per heavy atom. The third-order valence-corrected chi connectivity index (χ3v) is 4.09. The van der Waals surface area contributed by atoms with Crippen molar-refractivity contribution in [3.63, 3.8) is 0 Å². The Bertz CT molecular complexity index is 398. The van der Waals surface area contributed by atoms with Crippen molar-refractivity contribution in [2.24, 2.45) is 5.92 Å². The summed E-state index contributed by atoms with van der Waals surface area (Å²) in [7, 11) is 0. The quantitative estimate of drug-likeness (QED) is 0.882. The fourth-order valence-electron chi connectivity index (χ4n) is 2.69. The van der Waals surface area contributed by atoms with Crippen LogP contribution in [0.5, 0.6) is 0 Å². The largest absolute Gasteiger partial charge is 0.369 e. The van der Waals surface area contributed by atoms with E-state index in [1.165, 1.54) is 16.8 Å². The maximum atomic E-state index is 3.62. The number of nitrogens with zero attached hydrogens (tertiary/aromatic N) is 1. The zero-order valence-electron chi connectivity index (χ0n) is 12.2. The Labute approximate surface area is 111 Å². The van der Waals surface area contributed by atoms with Gasteiger partial charge >= 0.3 is 0 Å². The molecule has 1 aromatic rings. The number of piperazine rings is 1. The molecule has 1 aromatic carbocycles. The third kappa shape index (κ3) is 2.86. The summed E-state index contributed by atoms with van der Waals surface area (Å²) in [4.78, 5) is 2.53. The standard InChI is InChI=1S/C16H26N2/c1-5-14-10-15(7-6-13(14)4)18-9-8-17-16(11-18)12(2)3/h6-7,10,12,16-17H,5,8-9,11H2,1-4H3. The first-order valence-electron chi connectivity index (χ1n) is 7.19. The van der Waals surface area contributed by atoms with E-state index < -0.39 is 0 Å². The summed E-state index contributed by atoms with van der Waals surface area (Å²) in [5.41, 5.74) is 4.29. The molecule has 0 aliphatic carbocycles. The molecule has 1 N–H and O–H groups in total. The van der Waals surface area contributed by atoms with E-state index in [2.05, 4.69) is 56.1 Å². The number of hydrogen-bond donors (Lipinski definition) is 1. The molecule has 0 amide bonds. The van der Waals surface area contributed by atoms with Gasteiger partial charge in [-0.2, -0.15) is 0 Å². The minimum atomic E-state index is 0.616. The maximum Gasteiger partial charge on any atom is 0.0370 e. The monoisotopic (exact) mass is 246 g/mol. The average Bonchev–Trinajstić information content (AvgIpc) is 2.39. The number of nitrogens with one attached hydrogen (secondary N) is 1. The first-order valence-corrected chi connectivity index (χ1v) is 7.19. The summed E-state index contributed by atoms with van der Waals surface area (Å²) in [6, 6.07) is 7.53. The SMILES string of the molecule is CCc1cc(N2CCNC(C(C)C)C2)ccc1C. The van der Waals surface area contributed by atoms with Gasteiger partial charge in [0.05, 0.1) is 0 Å². The molecule has 0 radical (unpaired) electrons. The van der Waals surface area contributed by atoms with Gasteiger partial charge in [-0.05, 0) is 42.5 Å². The summed E-state index contributed by atoms with van der Waals surface area (Å²) in [6.07, 6.45) is 1.12. The summed E-state index contributed by atoms with van der Waals surface area (Å²) >= 11 is 0. The van der Waals surface area contributed by atoms with Crippen LogP contribution in [0.3, 0.4) is 0 Å². The van der Waals surface area contributed by atoms with E-state index in [9.17, 15) is 0 Å². The van der Waals surface area contributed by atoms with Crippen molar-refractivity contribution in [2.75, 3.05) is 24.5 Å². The van der Waals surface area contributed by atoms with E-state index in [0.29, 0.717) is 12.0 Å². The first kappa shape index (κ1) is 13.4. The Morgan fingerprint density at radius 2 is 2.17 bits per heavy atom. The Kier molecular flexibility index (Phi) is 4.28. The van der Waals surface area contributed by atoms with Crippen molar-refractivity contribution >= 4 is 5.69 Å². The summed E-state index contributed by atoms with van der Waals surface area (Å²) in [5.74, 6) is 0.698. The summed E-state index contributed by atoms with van der Waals surface area (Å²) in [6.45, 7) is 12.4. The van der Waals surface area contributed by atoms with Crippen molar-refractivity contribution < 1.29 is 0 Å². The van der Waals surface area contributed by atoms with E-state index in [-0.39, 0.29) is 0 Å². The van der Waals surface area contributed by atoms with Gasteiger partial charge in [0.2, 0.25) is 0 Å². The molecule has 1 aliphatic heterocycles. The third-order valence-electron chi connectivity index (χ3n) is 4.09. The topological polar surface area (TPSA) is 15.3 Å². The van der Waals surface area contributed by atoms with E-state index in [1.807, 2.05) is 0 Å². The lowest BCUT2D eigenvalue weighted by molar-refractivity contribution is 0.368. The fraction of sp³-hybridized carbons (Fsp3) is 0.625. The Hall–Kier alpha value is -1.02. The minimum Gasteiger partial charge on any atom is -0.369 e. The zero-order chi connectivity index (χ0) is 13.1. The molecule has 1 fully saturated rings. The molecule has 0 bridgehead atoms. The van der Waals surface area contributed by atoms with Gasteiger partial charge in [0, 0.05) is 31.4 Å². The van der Waals surface area contributed by atoms with Gasteiger partial charge in [0.1, 0.15) is 0 Å². The van der Waals surface area contributed by atoms with Crippen molar-refractivity contribution in [2.45, 2.75) is 40.2 Å². The molecule has 2 nitrogen and oxygen atoms in total. The van der Waals surface area contributed by atoms with Crippen molar-refractivity contribution in [1.82, 2.24) is 5.32 Å². The molecule has 2 heteroatoms. The second-order valence-electron chi connectivity index (χ2n) is 5.71. The second-order valence-corrected chi connectivity index (χ2v) is 5.71. The van der Waals surface area contributed by atoms with Gasteiger partial charge in [0.15, 0.2) is 0 Å². The van der Waals surface area contributed by atoms with Crippen molar-refractivity contribution in [1.29, 1.82) is 0 Å². The van der Waals surface area contributed by atoms with Crippen LogP contribution >= 0.6 is 0 Å². The van der Waals surface area contributed by atoms with Crippen LogP contribution in [-0.2, 0) is 6.42 Å². The predicted octanol–water partition coefficient (Wildman–Crippen LogP) is 2.99. The van der Waals surface area contributed by atoms with Crippen molar-refractivity contribution in [3.05, 3.63) is 29.3 Å². The van der Waals surface area contributed by atoms with Crippen LogP contribution in [0.1, 0.15) is 31.9 Å². The number of benzene rings is 1. The lowest BCUT2D eigenvalue weighted by atomic mass is 10.0. The van der Waals surface area contributed by atoms with E-state index in [1.54, 1.807) is 0 Å². The lowest BCUT2D eigenvalue weighted by Gasteiger charge is -2.37. The lowest BCUT2D eigenvalue weighted by Crippen LogP contribution is -2.53. The summed E-state index contributed by atoms with van der Waals surface area (Å²) in [5, 5.41) is 3.62. The molecule has 1 heterocycles. The average molecular weight is 246 g/mol. The molecule has 0 aromatic heterocycles. The van der Waals surface area contributed by atoms with E-state index in [0.717, 1.165) is 26.1 Å². The van der Waals surface area contributed by atoms with Crippen LogP contribution in [0, 0.1) is 12.8 Å². The smallest absolute Gasteiger partial charge is 0.0370 e. The fourth-order valence-corrected chi connectivity index (χ4v) is 2.69. The summed E-state index contributed by atoms with van der Waals surface area (Å²) < 4.78 is 0. The molecule has 18 heavy (non-hydrogen) atoms. The van der Waals surface area contributed by atoms with Crippen LogP contribution in [-0.4, -0.2) is 25.7 Å². The van der Waals surface area contributed by atoms with Crippen LogP contribution in [0.4, 0.5) is 5.69 Å². The molecular formula is C16H26N2. The van der Waals surface area contributed by atoms with Crippen LogP contribution in [0.15, 0.2) is 18.2 Å². The molecule has 100 valence electrons. The van der Waals surface area contributed by atoms with E-state index in [4.69, 9.17) is 0 Å². The Balaban J connectivity index is 2.15. The van der Waals surface area contributed by atoms with Crippen molar-refractivity contribution in [3.8, 4) is 0 Å². The molecule has 1 unspecified atom stereocenters. The molecule has 1 atom stereocenters. The van der Waals surface area contributed by atoms with Gasteiger partial charge in [0.25, 0.3) is 0 Å². The Morgan fingerprint density at radius 3 is 2.83 bits per heavy atom. The molecule has 0 spiro atoms. The molecule has 1 aliphatic rings. The van der Waals surface area contributed by atoms with Gasteiger partial charge in [-0.15, -0.1) is 0 Å². The number of rotatable bonds is 3. The molecule has 0 saturated carbocycles. The van der Waals surface area contributed by atoms with Crippen LogP contribution < -0.4 is 10.2 Å². The van der Waals surface area contributed by atoms with Crippen LogP contribution in [0.2, 0.25) is 0 Å². The van der Waals surface area contributed by atoms with Gasteiger partial charge < -0.3 is 10.2 Å². The first-order chi connectivity index (χ1) is 8.61. The number of hydrogen-bond acceptors (Lipinski definition) is 2. The van der Waals surface area contributed by atoms with Gasteiger partial charge in [-0.3, -0.25) is 0 Å². The predicted molar refractivity (Wildman–Crippen MR) is 79.4 cm³/mol. The normalized spacial score (nSPS) is 20.5. The van der Waals surface area contributed by atoms with Crippen LogP contribution in [0.25, 0.3) is 0 Å². The maximum absolute atomic E-state index is 3.62. The highest BCUT2D eigenvalue weighted by atomic mass is 15.2. The molecule has 1 saturated heterocycles. The second kappa shape index (κ2) is 5.75. The molecule has 2 rings (SSSR count). The van der Waals surface area contributed by atoms with Gasteiger partial charge in [-0.1, -0.05) is 26.8 Å². The number of anilines is 1. The van der Waals surface area contributed by atoms with Gasteiger partial charge in [-0.25, -0.2) is 0 Å². The van der Waals surface area contributed by atoms with E-state index >= 15 is 0 Å². The zero-order valence-corrected chi connectivity index (χ0v) is 12.2. The highest BCUT2D eigenvalue weighted by molar-refractivity contribution is 5.51. The number of aryl methyl sites for hydroxylation is 2. The minimum absolute atomic E-state index is 0.616.